The molecule has 0 amide bonds. The van der Waals surface area contributed by atoms with Crippen LogP contribution >= 0.6 is 0 Å². The average molecular weight is 314 g/mol. The molecular weight excluding hydrogens is 296 g/mol. The molecule has 7 nitrogen and oxygen atoms in total. The van der Waals surface area contributed by atoms with E-state index in [1.807, 2.05) is 35.2 Å². The second-order valence-corrected chi connectivity index (χ2v) is 5.46. The molecule has 1 aromatic carbocycles. The van der Waals surface area contributed by atoms with Crippen LogP contribution in [0.4, 0.5) is 5.69 Å². The van der Waals surface area contributed by atoms with Gasteiger partial charge < -0.3 is 9.64 Å². The van der Waals surface area contributed by atoms with Gasteiger partial charge in [0.15, 0.2) is 0 Å². The van der Waals surface area contributed by atoms with Crippen LogP contribution in [-0.4, -0.2) is 22.9 Å². The molecule has 0 N–H and O–H groups in total. The van der Waals surface area contributed by atoms with E-state index in [2.05, 4.69) is 10.3 Å². The third-order valence-electron chi connectivity index (χ3n) is 3.85. The Labute approximate surface area is 133 Å². The molecule has 0 fully saturated rings. The summed E-state index contributed by atoms with van der Waals surface area (Å²) in [6.45, 7) is 1.68. The van der Waals surface area contributed by atoms with Gasteiger partial charge in [-0.05, 0) is 12.0 Å². The molecule has 0 aliphatic carbocycles. The first-order valence-corrected chi connectivity index (χ1v) is 7.51. The van der Waals surface area contributed by atoms with Crippen LogP contribution in [0.2, 0.25) is 0 Å². The standard InChI is InChI=1S/C16H18N4O3/c1-19-16(21)13(10-17-22)14-15(18-19)23-9-5-8-20(14)11-12-6-3-2-4-7-12/h2-4,6-7H,5,8-11H2,1H3. The van der Waals surface area contributed by atoms with Crippen molar-refractivity contribution in [1.29, 1.82) is 0 Å². The Kier molecular flexibility index (Phi) is 4.36. The monoisotopic (exact) mass is 314 g/mol. The summed E-state index contributed by atoms with van der Waals surface area (Å²) in [5.41, 5.74) is 1.73. The van der Waals surface area contributed by atoms with Crippen LogP contribution in [0.3, 0.4) is 0 Å². The highest BCUT2D eigenvalue weighted by atomic mass is 16.5. The quantitative estimate of drug-likeness (QED) is 0.805. The van der Waals surface area contributed by atoms with Gasteiger partial charge in [-0.1, -0.05) is 35.5 Å². The number of benzene rings is 1. The van der Waals surface area contributed by atoms with Crippen molar-refractivity contribution in [2.24, 2.45) is 12.2 Å². The lowest BCUT2D eigenvalue weighted by atomic mass is 10.1. The Morgan fingerprint density at radius 1 is 1.30 bits per heavy atom. The van der Waals surface area contributed by atoms with E-state index < -0.39 is 0 Å². The molecule has 23 heavy (non-hydrogen) atoms. The number of hydrogen-bond acceptors (Lipinski definition) is 6. The number of fused-ring (bicyclic) bond motifs is 1. The van der Waals surface area contributed by atoms with Crippen LogP contribution in [0, 0.1) is 4.91 Å². The summed E-state index contributed by atoms with van der Waals surface area (Å²) in [6.07, 6.45) is 0.815. The number of nitrogens with zero attached hydrogens (tertiary/aromatic N) is 4. The third-order valence-corrected chi connectivity index (χ3v) is 3.85. The van der Waals surface area contributed by atoms with Gasteiger partial charge in [0, 0.05) is 20.1 Å². The first-order chi connectivity index (χ1) is 11.2. The van der Waals surface area contributed by atoms with Crippen molar-refractivity contribution < 1.29 is 4.74 Å². The number of anilines is 1. The van der Waals surface area contributed by atoms with Crippen LogP contribution in [-0.2, 0) is 20.1 Å². The van der Waals surface area contributed by atoms with Gasteiger partial charge in [0.05, 0.1) is 12.2 Å². The maximum absolute atomic E-state index is 12.4. The molecule has 0 saturated carbocycles. The molecule has 1 aliphatic heterocycles. The van der Waals surface area contributed by atoms with Crippen LogP contribution < -0.4 is 15.2 Å². The highest BCUT2D eigenvalue weighted by Gasteiger charge is 2.25. The molecule has 0 atom stereocenters. The van der Waals surface area contributed by atoms with E-state index in [-0.39, 0.29) is 12.1 Å². The van der Waals surface area contributed by atoms with Gasteiger partial charge in [-0.15, -0.1) is 5.10 Å². The molecule has 7 heteroatoms. The molecule has 0 radical (unpaired) electrons. The normalized spacial score (nSPS) is 13.9. The van der Waals surface area contributed by atoms with E-state index in [1.165, 1.54) is 4.68 Å². The first kappa shape index (κ1) is 15.2. The van der Waals surface area contributed by atoms with Crippen molar-refractivity contribution in [3.05, 3.63) is 56.7 Å². The Morgan fingerprint density at radius 3 is 2.83 bits per heavy atom. The van der Waals surface area contributed by atoms with Crippen molar-refractivity contribution in [3.63, 3.8) is 0 Å². The number of rotatable bonds is 4. The fourth-order valence-electron chi connectivity index (χ4n) is 2.78. The lowest BCUT2D eigenvalue weighted by Crippen LogP contribution is -2.31. The van der Waals surface area contributed by atoms with Crippen molar-refractivity contribution in [2.45, 2.75) is 19.5 Å². The number of aromatic nitrogens is 2. The largest absolute Gasteiger partial charge is 0.475 e. The molecule has 3 rings (SSSR count). The van der Waals surface area contributed by atoms with Crippen molar-refractivity contribution >= 4 is 5.69 Å². The van der Waals surface area contributed by atoms with Gasteiger partial charge >= 0.3 is 0 Å². The molecule has 0 spiro atoms. The third kappa shape index (κ3) is 3.08. The smallest absolute Gasteiger partial charge is 0.274 e. The summed E-state index contributed by atoms with van der Waals surface area (Å²) in [7, 11) is 1.55. The van der Waals surface area contributed by atoms with E-state index in [9.17, 15) is 9.70 Å². The van der Waals surface area contributed by atoms with Crippen molar-refractivity contribution in [2.75, 3.05) is 18.1 Å². The summed E-state index contributed by atoms with van der Waals surface area (Å²) >= 11 is 0. The minimum atomic E-state index is -0.313. The molecule has 2 aromatic rings. The van der Waals surface area contributed by atoms with Crippen molar-refractivity contribution in [3.8, 4) is 5.88 Å². The molecule has 120 valence electrons. The molecule has 0 bridgehead atoms. The number of aryl methyl sites for hydroxylation is 1. The van der Waals surface area contributed by atoms with Gasteiger partial charge in [-0.3, -0.25) is 4.79 Å². The van der Waals surface area contributed by atoms with Gasteiger partial charge in [0.2, 0.25) is 0 Å². The van der Waals surface area contributed by atoms with E-state index in [1.54, 1.807) is 7.05 Å². The van der Waals surface area contributed by atoms with Gasteiger partial charge in [-0.2, -0.15) is 4.91 Å². The van der Waals surface area contributed by atoms with Crippen LogP contribution in [0.5, 0.6) is 5.88 Å². The van der Waals surface area contributed by atoms with E-state index in [0.717, 1.165) is 18.5 Å². The van der Waals surface area contributed by atoms with Gasteiger partial charge in [0.1, 0.15) is 12.2 Å². The van der Waals surface area contributed by atoms with E-state index in [4.69, 9.17) is 4.74 Å². The first-order valence-electron chi connectivity index (χ1n) is 7.51. The highest BCUT2D eigenvalue weighted by molar-refractivity contribution is 5.61. The van der Waals surface area contributed by atoms with E-state index in [0.29, 0.717) is 30.3 Å². The summed E-state index contributed by atoms with van der Waals surface area (Å²) in [6, 6.07) is 9.96. The fraction of sp³-hybridized carbons (Fsp3) is 0.375. The number of hydrogen-bond donors (Lipinski definition) is 0. The zero-order valence-corrected chi connectivity index (χ0v) is 12.9. The maximum Gasteiger partial charge on any atom is 0.274 e. The molecular formula is C16H18N4O3. The predicted molar refractivity (Wildman–Crippen MR) is 86.6 cm³/mol. The average Bonchev–Trinajstić information content (AvgIpc) is 2.75. The molecule has 0 unspecified atom stereocenters. The van der Waals surface area contributed by atoms with Gasteiger partial charge in [0.25, 0.3) is 11.4 Å². The second-order valence-electron chi connectivity index (χ2n) is 5.46. The Hall–Kier alpha value is -2.70. The Bertz CT molecular complexity index is 758. The topological polar surface area (TPSA) is 76.8 Å². The summed E-state index contributed by atoms with van der Waals surface area (Å²) in [5, 5.41) is 7.12. The minimum Gasteiger partial charge on any atom is -0.475 e. The predicted octanol–water partition coefficient (Wildman–Crippen LogP) is 1.84. The molecule has 0 saturated heterocycles. The van der Waals surface area contributed by atoms with Crippen LogP contribution in [0.25, 0.3) is 0 Å². The fourth-order valence-corrected chi connectivity index (χ4v) is 2.78. The maximum atomic E-state index is 12.4. The van der Waals surface area contributed by atoms with Crippen LogP contribution in [0.1, 0.15) is 17.5 Å². The summed E-state index contributed by atoms with van der Waals surface area (Å²) < 4.78 is 6.88. The summed E-state index contributed by atoms with van der Waals surface area (Å²) in [4.78, 5) is 25.2. The molecule has 2 heterocycles. The zero-order chi connectivity index (χ0) is 16.2. The van der Waals surface area contributed by atoms with Gasteiger partial charge in [-0.25, -0.2) is 4.68 Å². The summed E-state index contributed by atoms with van der Waals surface area (Å²) in [5.74, 6) is 0.388. The lowest BCUT2D eigenvalue weighted by Gasteiger charge is -2.25. The van der Waals surface area contributed by atoms with Crippen LogP contribution in [0.15, 0.2) is 40.3 Å². The molecule has 1 aliphatic rings. The molecule has 1 aromatic heterocycles. The zero-order valence-electron chi connectivity index (χ0n) is 12.9. The van der Waals surface area contributed by atoms with Crippen molar-refractivity contribution in [1.82, 2.24) is 9.78 Å². The second kappa shape index (κ2) is 6.60. The Morgan fingerprint density at radius 2 is 2.09 bits per heavy atom. The number of ether oxygens (including phenoxy) is 1. The van der Waals surface area contributed by atoms with E-state index >= 15 is 0 Å². The SMILES string of the molecule is Cn1nc2c(c(CN=O)c1=O)N(Cc1ccccc1)CCCO2. The Balaban J connectivity index is 2.09. The number of nitroso groups, excluding NO2 is 1. The minimum absolute atomic E-state index is 0.188. The lowest BCUT2D eigenvalue weighted by molar-refractivity contribution is 0.302. The highest BCUT2D eigenvalue weighted by Crippen LogP contribution is 2.32.